The molecule has 10 nitrogen and oxygen atoms in total. The number of fused-ring (bicyclic) bond motifs is 1. The fourth-order valence-corrected chi connectivity index (χ4v) is 2.91. The number of hydrogen-bond donors (Lipinski definition) is 2. The van der Waals surface area contributed by atoms with Crippen LogP contribution in [-0.4, -0.2) is 37.6 Å². The van der Waals surface area contributed by atoms with E-state index in [4.69, 9.17) is 13.9 Å². The normalized spacial score (nSPS) is 11.4. The Morgan fingerprint density at radius 1 is 1.12 bits per heavy atom. The second kappa shape index (κ2) is 5.85. The molecule has 11 heteroatoms. The number of sulfonamides is 1. The maximum absolute atomic E-state index is 12.5. The number of H-pyrrole nitrogens is 1. The number of nitrogens with zero attached hydrogens (tertiary/aromatic N) is 2. The van der Waals surface area contributed by atoms with Crippen molar-refractivity contribution in [3.05, 3.63) is 34.8 Å². The number of rotatable bonds is 5. The van der Waals surface area contributed by atoms with Crippen molar-refractivity contribution in [2.24, 2.45) is 0 Å². The van der Waals surface area contributed by atoms with E-state index in [2.05, 4.69) is 19.7 Å². The molecule has 0 aliphatic carbocycles. The van der Waals surface area contributed by atoms with E-state index in [1.165, 1.54) is 38.5 Å². The zero-order valence-electron chi connectivity index (χ0n) is 12.6. The first-order valence-electron chi connectivity index (χ1n) is 6.54. The Balaban J connectivity index is 1.99. The fourth-order valence-electron chi connectivity index (χ4n) is 1.94. The minimum absolute atomic E-state index is 0.0996. The molecule has 24 heavy (non-hydrogen) atoms. The molecule has 0 aliphatic heterocycles. The highest BCUT2D eigenvalue weighted by Crippen LogP contribution is 2.21. The molecule has 0 amide bonds. The molecule has 2 aromatic heterocycles. The molecular formula is C13H12N4O6S. The molecule has 1 aromatic carbocycles. The number of nitrogens with one attached hydrogen (secondary N) is 2. The van der Waals surface area contributed by atoms with Crippen molar-refractivity contribution in [1.82, 2.24) is 15.0 Å². The number of ether oxygens (including phenoxy) is 2. The zero-order valence-corrected chi connectivity index (χ0v) is 13.4. The monoisotopic (exact) mass is 352 g/mol. The van der Waals surface area contributed by atoms with Gasteiger partial charge in [-0.15, -0.1) is 0 Å². The van der Waals surface area contributed by atoms with Crippen molar-refractivity contribution in [1.29, 1.82) is 0 Å². The maximum Gasteiger partial charge on any atom is 0.417 e. The largest absolute Gasteiger partial charge is 0.481 e. The maximum atomic E-state index is 12.5. The Kier molecular flexibility index (Phi) is 3.85. The van der Waals surface area contributed by atoms with Gasteiger partial charge in [0.2, 0.25) is 17.7 Å². The first-order chi connectivity index (χ1) is 11.4. The smallest absolute Gasteiger partial charge is 0.417 e. The third-order valence-electron chi connectivity index (χ3n) is 3.02. The van der Waals surface area contributed by atoms with Gasteiger partial charge in [0.15, 0.2) is 5.58 Å². The molecule has 0 atom stereocenters. The molecule has 126 valence electrons. The summed E-state index contributed by atoms with van der Waals surface area (Å²) in [5.41, 5.74) is 0.505. The van der Waals surface area contributed by atoms with Gasteiger partial charge < -0.3 is 13.9 Å². The van der Waals surface area contributed by atoms with Crippen molar-refractivity contribution in [2.45, 2.75) is 4.90 Å². The lowest BCUT2D eigenvalue weighted by Gasteiger charge is -2.09. The van der Waals surface area contributed by atoms with Crippen molar-refractivity contribution >= 4 is 27.1 Å². The predicted octanol–water partition coefficient (Wildman–Crippen LogP) is 0.729. The van der Waals surface area contributed by atoms with Crippen molar-refractivity contribution in [3.63, 3.8) is 0 Å². The summed E-state index contributed by atoms with van der Waals surface area (Å²) in [4.78, 5) is 21.2. The predicted molar refractivity (Wildman–Crippen MR) is 82.8 cm³/mol. The summed E-state index contributed by atoms with van der Waals surface area (Å²) in [6.07, 6.45) is 0. The van der Waals surface area contributed by atoms with Gasteiger partial charge in [0.1, 0.15) is 0 Å². The number of aromatic amines is 1. The number of anilines is 1. The number of benzene rings is 1. The average Bonchev–Trinajstić information content (AvgIpc) is 2.93. The van der Waals surface area contributed by atoms with E-state index in [1.54, 1.807) is 0 Å². The van der Waals surface area contributed by atoms with Crippen LogP contribution in [0.1, 0.15) is 0 Å². The molecule has 0 saturated carbocycles. The summed E-state index contributed by atoms with van der Waals surface area (Å²) < 4.78 is 41.9. The van der Waals surface area contributed by atoms with Crippen LogP contribution >= 0.6 is 0 Å². The minimum Gasteiger partial charge on any atom is -0.481 e. The summed E-state index contributed by atoms with van der Waals surface area (Å²) in [5, 5.41) is 0. The number of hydrogen-bond acceptors (Lipinski definition) is 8. The Labute approximate surface area is 135 Å². The van der Waals surface area contributed by atoms with Gasteiger partial charge in [-0.2, -0.15) is 9.97 Å². The molecule has 2 heterocycles. The standard InChI is InChI=1S/C13H12N4O6S/c1-21-10-6-11(22-2)16-12(15-10)17-24(19,20)7-3-4-9-8(5-7)14-13(18)23-9/h3-6H,1-2H3,(H,14,18)(H,15,16,17). The lowest BCUT2D eigenvalue weighted by atomic mass is 10.3. The number of aromatic nitrogens is 3. The average molecular weight is 352 g/mol. The van der Waals surface area contributed by atoms with Crippen LogP contribution in [0.2, 0.25) is 0 Å². The summed E-state index contributed by atoms with van der Waals surface area (Å²) in [5.74, 6) is -0.622. The lowest BCUT2D eigenvalue weighted by Crippen LogP contribution is -2.15. The fraction of sp³-hybridized carbons (Fsp3) is 0.154. The summed E-state index contributed by atoms with van der Waals surface area (Å²) >= 11 is 0. The molecular weight excluding hydrogens is 340 g/mol. The quantitative estimate of drug-likeness (QED) is 0.686. The van der Waals surface area contributed by atoms with E-state index in [1.807, 2.05) is 0 Å². The van der Waals surface area contributed by atoms with E-state index in [0.717, 1.165) is 0 Å². The van der Waals surface area contributed by atoms with E-state index >= 15 is 0 Å². The third kappa shape index (κ3) is 3.01. The molecule has 3 rings (SSSR count). The van der Waals surface area contributed by atoms with Gasteiger partial charge in [-0.3, -0.25) is 4.98 Å². The van der Waals surface area contributed by atoms with E-state index in [0.29, 0.717) is 0 Å². The summed E-state index contributed by atoms with van der Waals surface area (Å²) in [7, 11) is -1.24. The Bertz CT molecular complexity index is 1030. The van der Waals surface area contributed by atoms with Crippen molar-refractivity contribution < 1.29 is 22.3 Å². The Morgan fingerprint density at radius 3 is 2.42 bits per heavy atom. The van der Waals surface area contributed by atoms with Gasteiger partial charge in [-0.05, 0) is 18.2 Å². The van der Waals surface area contributed by atoms with Crippen LogP contribution in [0.5, 0.6) is 11.8 Å². The van der Waals surface area contributed by atoms with Gasteiger partial charge in [-0.25, -0.2) is 17.9 Å². The highest BCUT2D eigenvalue weighted by molar-refractivity contribution is 7.92. The molecule has 3 aromatic rings. The van der Waals surface area contributed by atoms with Gasteiger partial charge in [0.25, 0.3) is 10.0 Å². The zero-order chi connectivity index (χ0) is 17.3. The SMILES string of the molecule is COc1cc(OC)nc(NS(=O)(=O)c2ccc3oc(=O)[nH]c3c2)n1. The first-order valence-corrected chi connectivity index (χ1v) is 8.02. The van der Waals surface area contributed by atoms with E-state index in [9.17, 15) is 13.2 Å². The highest BCUT2D eigenvalue weighted by atomic mass is 32.2. The van der Waals surface area contributed by atoms with Crippen LogP contribution in [0, 0.1) is 0 Å². The molecule has 0 bridgehead atoms. The van der Waals surface area contributed by atoms with Gasteiger partial charge in [0.05, 0.1) is 30.7 Å². The molecule has 0 unspecified atom stereocenters. The van der Waals surface area contributed by atoms with Crippen LogP contribution in [0.4, 0.5) is 5.95 Å². The second-order valence-corrected chi connectivity index (χ2v) is 6.24. The van der Waals surface area contributed by atoms with E-state index in [-0.39, 0.29) is 33.7 Å². The topological polar surface area (TPSA) is 136 Å². The minimum atomic E-state index is -4.00. The van der Waals surface area contributed by atoms with Gasteiger partial charge in [-0.1, -0.05) is 0 Å². The van der Waals surface area contributed by atoms with Gasteiger partial charge >= 0.3 is 5.76 Å². The number of methoxy groups -OCH3 is 2. The molecule has 0 fully saturated rings. The molecule has 0 saturated heterocycles. The summed E-state index contributed by atoms with van der Waals surface area (Å²) in [6, 6.07) is 5.33. The van der Waals surface area contributed by atoms with E-state index < -0.39 is 15.8 Å². The van der Waals surface area contributed by atoms with Crippen LogP contribution in [-0.2, 0) is 10.0 Å². The molecule has 0 radical (unpaired) electrons. The van der Waals surface area contributed by atoms with Gasteiger partial charge in [0, 0.05) is 0 Å². The Hall–Kier alpha value is -3.08. The summed E-state index contributed by atoms with van der Waals surface area (Å²) in [6.45, 7) is 0. The van der Waals surface area contributed by atoms with Crippen LogP contribution in [0.25, 0.3) is 11.1 Å². The highest BCUT2D eigenvalue weighted by Gasteiger charge is 2.18. The van der Waals surface area contributed by atoms with Crippen molar-refractivity contribution in [2.75, 3.05) is 18.9 Å². The van der Waals surface area contributed by atoms with Crippen LogP contribution < -0.4 is 20.0 Å². The first kappa shape index (κ1) is 15.8. The van der Waals surface area contributed by atoms with Crippen molar-refractivity contribution in [3.8, 4) is 11.8 Å². The lowest BCUT2D eigenvalue weighted by molar-refractivity contribution is 0.373. The molecule has 2 N–H and O–H groups in total. The second-order valence-electron chi connectivity index (χ2n) is 4.55. The molecule has 0 spiro atoms. The van der Waals surface area contributed by atoms with Crippen LogP contribution in [0.15, 0.2) is 38.4 Å². The third-order valence-corrected chi connectivity index (χ3v) is 4.35. The van der Waals surface area contributed by atoms with Crippen LogP contribution in [0.3, 0.4) is 0 Å². The number of oxazole rings is 1. The molecule has 0 aliphatic rings. The Morgan fingerprint density at radius 2 is 1.79 bits per heavy atom.